The van der Waals surface area contributed by atoms with Crippen molar-refractivity contribution >= 4 is 16.7 Å². The number of hydrogen-bond donors (Lipinski definition) is 0. The second kappa shape index (κ2) is 3.81. The molecule has 0 aliphatic rings. The molecule has 2 heteroatoms. The van der Waals surface area contributed by atoms with E-state index in [2.05, 4.69) is 24.0 Å². The number of benzene rings is 1. The lowest BCUT2D eigenvalue weighted by Crippen LogP contribution is -1.95. The van der Waals surface area contributed by atoms with E-state index in [1.807, 2.05) is 6.07 Å². The molecule has 0 atom stereocenters. The predicted molar refractivity (Wildman–Crippen MR) is 61.1 cm³/mol. The zero-order chi connectivity index (χ0) is 10.8. The molecule has 0 radical (unpaired) electrons. The van der Waals surface area contributed by atoms with E-state index >= 15 is 0 Å². The van der Waals surface area contributed by atoms with Crippen molar-refractivity contribution in [2.75, 3.05) is 0 Å². The molecule has 2 nitrogen and oxygen atoms in total. The molecule has 1 aromatic carbocycles. The number of rotatable bonds is 2. The van der Waals surface area contributed by atoms with Crippen LogP contribution in [0.3, 0.4) is 0 Å². The zero-order valence-corrected chi connectivity index (χ0v) is 8.95. The molecule has 0 spiro atoms. The van der Waals surface area contributed by atoms with Gasteiger partial charge in [0.15, 0.2) is 5.78 Å². The van der Waals surface area contributed by atoms with Gasteiger partial charge in [-0.15, -0.1) is 0 Å². The summed E-state index contributed by atoms with van der Waals surface area (Å²) < 4.78 is 0. The molecule has 0 unspecified atom stereocenters. The Balaban J connectivity index is 2.76. The highest BCUT2D eigenvalue weighted by atomic mass is 16.1. The highest BCUT2D eigenvalue weighted by molar-refractivity contribution is 6.06. The minimum absolute atomic E-state index is 0.0932. The van der Waals surface area contributed by atoms with Crippen molar-refractivity contribution in [3.63, 3.8) is 0 Å². The van der Waals surface area contributed by atoms with Gasteiger partial charge in [0, 0.05) is 17.1 Å². The van der Waals surface area contributed by atoms with Crippen LogP contribution in [0, 0.1) is 0 Å². The van der Waals surface area contributed by atoms with E-state index in [4.69, 9.17) is 0 Å². The van der Waals surface area contributed by atoms with Crippen molar-refractivity contribution in [3.05, 3.63) is 41.6 Å². The lowest BCUT2D eigenvalue weighted by molar-refractivity contribution is 0.101. The topological polar surface area (TPSA) is 30.0 Å². The molecular weight excluding hydrogens is 186 g/mol. The molecule has 0 saturated carbocycles. The number of aromatic nitrogens is 1. The number of Topliss-reactive ketones (excluding diaryl/α,β-unsaturated/α-hetero) is 1. The molecule has 1 heterocycles. The Morgan fingerprint density at radius 3 is 2.80 bits per heavy atom. The maximum atomic E-state index is 11.4. The molecule has 0 fully saturated rings. The minimum atomic E-state index is 0.0932. The first kappa shape index (κ1) is 9.84. The number of aryl methyl sites for hydroxylation is 1. The smallest absolute Gasteiger partial charge is 0.160 e. The Morgan fingerprint density at radius 2 is 2.13 bits per heavy atom. The second-order valence-corrected chi connectivity index (χ2v) is 3.62. The summed E-state index contributed by atoms with van der Waals surface area (Å²) in [6.07, 6.45) is 2.66. The van der Waals surface area contributed by atoms with Gasteiger partial charge >= 0.3 is 0 Å². The summed E-state index contributed by atoms with van der Waals surface area (Å²) in [5.41, 5.74) is 2.88. The molecule has 1 aromatic heterocycles. The number of pyridine rings is 1. The largest absolute Gasteiger partial charge is 0.294 e. The zero-order valence-electron chi connectivity index (χ0n) is 8.95. The maximum absolute atomic E-state index is 11.4. The van der Waals surface area contributed by atoms with Crippen molar-refractivity contribution in [1.82, 2.24) is 4.98 Å². The van der Waals surface area contributed by atoms with E-state index in [1.54, 1.807) is 19.2 Å². The number of fused-ring (bicyclic) bond motifs is 1. The van der Waals surface area contributed by atoms with Crippen molar-refractivity contribution in [2.24, 2.45) is 0 Å². The first-order valence-electron chi connectivity index (χ1n) is 5.11. The van der Waals surface area contributed by atoms with Gasteiger partial charge in [0.2, 0.25) is 0 Å². The quantitative estimate of drug-likeness (QED) is 0.696. The Kier molecular flexibility index (Phi) is 2.50. The molecule has 0 aliphatic heterocycles. The highest BCUT2D eigenvalue weighted by Gasteiger charge is 2.06. The normalized spacial score (nSPS) is 10.5. The molecule has 2 rings (SSSR count). The van der Waals surface area contributed by atoms with Gasteiger partial charge in [0.05, 0.1) is 5.52 Å². The predicted octanol–water partition coefficient (Wildman–Crippen LogP) is 3.00. The van der Waals surface area contributed by atoms with Crippen LogP contribution < -0.4 is 0 Å². The summed E-state index contributed by atoms with van der Waals surface area (Å²) >= 11 is 0. The molecule has 0 saturated heterocycles. The van der Waals surface area contributed by atoms with E-state index in [1.165, 1.54) is 5.56 Å². The van der Waals surface area contributed by atoms with E-state index in [-0.39, 0.29) is 5.78 Å². The van der Waals surface area contributed by atoms with Crippen molar-refractivity contribution < 1.29 is 4.79 Å². The van der Waals surface area contributed by atoms with Crippen LogP contribution >= 0.6 is 0 Å². The number of nitrogens with zero attached hydrogens (tertiary/aromatic N) is 1. The Morgan fingerprint density at radius 1 is 1.33 bits per heavy atom. The fraction of sp³-hybridized carbons (Fsp3) is 0.231. The molecular formula is C13H13NO. The minimum Gasteiger partial charge on any atom is -0.294 e. The summed E-state index contributed by atoms with van der Waals surface area (Å²) in [5, 5.41) is 0.962. The van der Waals surface area contributed by atoms with Crippen LogP contribution in [0.15, 0.2) is 30.5 Å². The summed E-state index contributed by atoms with van der Waals surface area (Å²) in [7, 11) is 0. The Bertz CT molecular complexity index is 517. The summed E-state index contributed by atoms with van der Waals surface area (Å²) in [6.45, 7) is 3.69. The highest BCUT2D eigenvalue weighted by Crippen LogP contribution is 2.19. The molecule has 0 bridgehead atoms. The SMILES string of the molecule is CCc1ccc2nccc(C(C)=O)c2c1. The molecule has 76 valence electrons. The monoisotopic (exact) mass is 199 g/mol. The van der Waals surface area contributed by atoms with Gasteiger partial charge in [-0.25, -0.2) is 0 Å². The molecule has 0 N–H and O–H groups in total. The van der Waals surface area contributed by atoms with Gasteiger partial charge in [-0.05, 0) is 37.1 Å². The number of ketones is 1. The number of carbonyl (C=O) groups is 1. The summed E-state index contributed by atoms with van der Waals surface area (Å²) in [6, 6.07) is 7.86. The fourth-order valence-corrected chi connectivity index (χ4v) is 1.72. The van der Waals surface area contributed by atoms with Crippen LogP contribution in [0.25, 0.3) is 10.9 Å². The number of carbonyl (C=O) groups excluding carboxylic acids is 1. The van der Waals surface area contributed by atoms with Crippen molar-refractivity contribution in [1.29, 1.82) is 0 Å². The lowest BCUT2D eigenvalue weighted by atomic mass is 10.0. The van der Waals surface area contributed by atoms with E-state index in [0.717, 1.165) is 22.9 Å². The van der Waals surface area contributed by atoms with Gasteiger partial charge in [0.25, 0.3) is 0 Å². The van der Waals surface area contributed by atoms with E-state index in [0.29, 0.717) is 0 Å². The van der Waals surface area contributed by atoms with Crippen LogP contribution in [-0.2, 0) is 6.42 Å². The average molecular weight is 199 g/mol. The van der Waals surface area contributed by atoms with Gasteiger partial charge in [0.1, 0.15) is 0 Å². The fourth-order valence-electron chi connectivity index (χ4n) is 1.72. The van der Waals surface area contributed by atoms with Crippen molar-refractivity contribution in [3.8, 4) is 0 Å². The molecule has 2 aromatic rings. The third-order valence-electron chi connectivity index (χ3n) is 2.59. The van der Waals surface area contributed by atoms with Crippen LogP contribution in [0.1, 0.15) is 29.8 Å². The molecule has 0 aliphatic carbocycles. The third-order valence-corrected chi connectivity index (χ3v) is 2.59. The Labute approximate surface area is 89.0 Å². The average Bonchev–Trinajstić information content (AvgIpc) is 2.27. The van der Waals surface area contributed by atoms with Gasteiger partial charge in [-0.3, -0.25) is 9.78 Å². The van der Waals surface area contributed by atoms with Crippen LogP contribution in [0.4, 0.5) is 0 Å². The standard InChI is InChI=1S/C13H13NO/c1-3-10-4-5-13-12(8-10)11(9(2)15)6-7-14-13/h4-8H,3H2,1-2H3. The van der Waals surface area contributed by atoms with E-state index < -0.39 is 0 Å². The van der Waals surface area contributed by atoms with Gasteiger partial charge in [-0.2, -0.15) is 0 Å². The molecule has 0 amide bonds. The summed E-state index contributed by atoms with van der Waals surface area (Å²) in [5.74, 6) is 0.0932. The van der Waals surface area contributed by atoms with Crippen LogP contribution in [0.2, 0.25) is 0 Å². The van der Waals surface area contributed by atoms with Crippen molar-refractivity contribution in [2.45, 2.75) is 20.3 Å². The van der Waals surface area contributed by atoms with E-state index in [9.17, 15) is 4.79 Å². The third kappa shape index (κ3) is 1.75. The van der Waals surface area contributed by atoms with Crippen LogP contribution in [0.5, 0.6) is 0 Å². The molecule has 15 heavy (non-hydrogen) atoms. The van der Waals surface area contributed by atoms with Crippen LogP contribution in [-0.4, -0.2) is 10.8 Å². The maximum Gasteiger partial charge on any atom is 0.160 e. The van der Waals surface area contributed by atoms with Gasteiger partial charge in [-0.1, -0.05) is 13.0 Å². The Hall–Kier alpha value is -1.70. The van der Waals surface area contributed by atoms with Gasteiger partial charge < -0.3 is 0 Å². The second-order valence-electron chi connectivity index (χ2n) is 3.62. The lowest BCUT2D eigenvalue weighted by Gasteiger charge is -2.04. The summed E-state index contributed by atoms with van der Waals surface area (Å²) in [4.78, 5) is 15.7. The number of hydrogen-bond acceptors (Lipinski definition) is 2. The first-order chi connectivity index (χ1) is 7.22. The first-order valence-corrected chi connectivity index (χ1v) is 5.11.